The Balaban J connectivity index is 1.78. The van der Waals surface area contributed by atoms with Crippen LogP contribution >= 0.6 is 0 Å². The molecular formula is C15H17N5O2. The molecular weight excluding hydrogens is 282 g/mol. The van der Waals surface area contributed by atoms with Gasteiger partial charge >= 0.3 is 6.03 Å². The number of aromatic nitrogens is 2. The van der Waals surface area contributed by atoms with Crippen LogP contribution in [0.5, 0.6) is 0 Å². The molecule has 7 nitrogen and oxygen atoms in total. The van der Waals surface area contributed by atoms with E-state index in [9.17, 15) is 9.59 Å². The summed E-state index contributed by atoms with van der Waals surface area (Å²) in [5, 5.41) is 9.54. The van der Waals surface area contributed by atoms with Gasteiger partial charge in [0.1, 0.15) is 0 Å². The molecule has 2 aromatic rings. The third-order valence-electron chi connectivity index (χ3n) is 3.59. The highest BCUT2D eigenvalue weighted by atomic mass is 16.2. The number of rotatable bonds is 4. The minimum atomic E-state index is -0.666. The average Bonchev–Trinajstić information content (AvgIpc) is 3.23. The van der Waals surface area contributed by atoms with Crippen molar-refractivity contribution in [3.8, 4) is 0 Å². The van der Waals surface area contributed by atoms with Crippen molar-refractivity contribution in [3.63, 3.8) is 0 Å². The van der Waals surface area contributed by atoms with Crippen LogP contribution in [0.3, 0.4) is 0 Å². The second-order valence-corrected chi connectivity index (χ2v) is 5.37. The fraction of sp³-hybridized carbons (Fsp3) is 0.267. The minimum absolute atomic E-state index is 0.247. The van der Waals surface area contributed by atoms with Crippen molar-refractivity contribution in [2.75, 3.05) is 10.6 Å². The maximum absolute atomic E-state index is 12.4. The van der Waals surface area contributed by atoms with Gasteiger partial charge in [0, 0.05) is 24.2 Å². The number of urea groups is 1. The standard InChI is InChI=1S/C15H17N5O2/c1-20-13(9-5-6-9)12(8-17-20)19-14(21)10-3-2-4-11(7-10)18-15(16)22/h2-4,7-9H,5-6H2,1H3,(H,19,21)(H3,16,18,22). The Hall–Kier alpha value is -2.83. The van der Waals surface area contributed by atoms with Gasteiger partial charge < -0.3 is 16.4 Å². The van der Waals surface area contributed by atoms with Gasteiger partial charge in [-0.25, -0.2) is 4.79 Å². The summed E-state index contributed by atoms with van der Waals surface area (Å²) in [5.41, 5.74) is 7.79. The molecule has 3 amide bonds. The Bertz CT molecular complexity index is 733. The third kappa shape index (κ3) is 2.93. The number of primary amides is 1. The van der Waals surface area contributed by atoms with E-state index in [2.05, 4.69) is 15.7 Å². The molecule has 4 N–H and O–H groups in total. The summed E-state index contributed by atoms with van der Waals surface area (Å²) >= 11 is 0. The second-order valence-electron chi connectivity index (χ2n) is 5.37. The molecule has 114 valence electrons. The quantitative estimate of drug-likeness (QED) is 0.805. The average molecular weight is 299 g/mol. The molecule has 0 saturated heterocycles. The van der Waals surface area contributed by atoms with Crippen LogP contribution in [0.15, 0.2) is 30.5 Å². The monoisotopic (exact) mass is 299 g/mol. The van der Waals surface area contributed by atoms with Gasteiger partial charge in [0.25, 0.3) is 5.91 Å². The number of nitrogens with one attached hydrogen (secondary N) is 2. The predicted molar refractivity (Wildman–Crippen MR) is 82.8 cm³/mol. The van der Waals surface area contributed by atoms with Crippen LogP contribution in [-0.2, 0) is 7.05 Å². The van der Waals surface area contributed by atoms with Gasteiger partial charge in [-0.3, -0.25) is 9.48 Å². The third-order valence-corrected chi connectivity index (χ3v) is 3.59. The van der Waals surface area contributed by atoms with Crippen molar-refractivity contribution < 1.29 is 9.59 Å². The summed E-state index contributed by atoms with van der Waals surface area (Å²) in [4.78, 5) is 23.2. The lowest BCUT2D eigenvalue weighted by Crippen LogP contribution is -2.20. The highest BCUT2D eigenvalue weighted by Gasteiger charge is 2.30. The first-order chi connectivity index (χ1) is 10.5. The normalized spacial score (nSPS) is 13.7. The minimum Gasteiger partial charge on any atom is -0.351 e. The number of carbonyl (C=O) groups is 2. The molecule has 1 aromatic carbocycles. The van der Waals surface area contributed by atoms with Crippen molar-refractivity contribution in [2.45, 2.75) is 18.8 Å². The summed E-state index contributed by atoms with van der Waals surface area (Å²) in [6, 6.07) is 5.94. The molecule has 1 saturated carbocycles. The van der Waals surface area contributed by atoms with Crippen molar-refractivity contribution in [1.29, 1.82) is 0 Å². The molecule has 7 heteroatoms. The highest BCUT2D eigenvalue weighted by molar-refractivity contribution is 6.05. The molecule has 0 radical (unpaired) electrons. The topological polar surface area (TPSA) is 102 Å². The Kier molecular flexibility index (Phi) is 3.54. The van der Waals surface area contributed by atoms with Crippen LogP contribution in [-0.4, -0.2) is 21.7 Å². The first kappa shape index (κ1) is 14.1. The van der Waals surface area contributed by atoms with Crippen molar-refractivity contribution >= 4 is 23.3 Å². The van der Waals surface area contributed by atoms with E-state index in [1.807, 2.05) is 7.05 Å². The lowest BCUT2D eigenvalue weighted by Gasteiger charge is -2.08. The van der Waals surface area contributed by atoms with Crippen LogP contribution in [0, 0.1) is 0 Å². The van der Waals surface area contributed by atoms with Crippen LogP contribution in [0.2, 0.25) is 0 Å². The number of benzene rings is 1. The van der Waals surface area contributed by atoms with Crippen LogP contribution in [0.4, 0.5) is 16.2 Å². The van der Waals surface area contributed by atoms with Gasteiger partial charge in [-0.2, -0.15) is 5.10 Å². The van der Waals surface area contributed by atoms with Gasteiger partial charge in [0.05, 0.1) is 17.6 Å². The molecule has 3 rings (SSSR count). The molecule has 1 fully saturated rings. The molecule has 0 atom stereocenters. The number of hydrogen-bond acceptors (Lipinski definition) is 3. The fourth-order valence-corrected chi connectivity index (χ4v) is 2.46. The SMILES string of the molecule is Cn1ncc(NC(=O)c2cccc(NC(N)=O)c2)c1C1CC1. The van der Waals surface area contributed by atoms with Gasteiger partial charge in [-0.15, -0.1) is 0 Å². The van der Waals surface area contributed by atoms with E-state index in [0.717, 1.165) is 24.2 Å². The zero-order valence-corrected chi connectivity index (χ0v) is 12.2. The predicted octanol–water partition coefficient (Wildman–Crippen LogP) is 2.04. The first-order valence-corrected chi connectivity index (χ1v) is 7.04. The Morgan fingerprint density at radius 2 is 2.09 bits per heavy atom. The maximum Gasteiger partial charge on any atom is 0.316 e. The van der Waals surface area contributed by atoms with Gasteiger partial charge in [0.2, 0.25) is 0 Å². The summed E-state index contributed by atoms with van der Waals surface area (Å²) in [6.45, 7) is 0. The van der Waals surface area contributed by atoms with E-state index in [1.54, 1.807) is 35.1 Å². The fourth-order valence-electron chi connectivity index (χ4n) is 2.46. The zero-order valence-electron chi connectivity index (χ0n) is 12.2. The van der Waals surface area contributed by atoms with E-state index in [0.29, 0.717) is 17.2 Å². The number of anilines is 2. The molecule has 1 heterocycles. The molecule has 1 aromatic heterocycles. The molecule has 0 aliphatic heterocycles. The van der Waals surface area contributed by atoms with Gasteiger partial charge in [0.15, 0.2) is 0 Å². The molecule has 0 bridgehead atoms. The number of carbonyl (C=O) groups excluding carboxylic acids is 2. The molecule has 22 heavy (non-hydrogen) atoms. The number of hydrogen-bond donors (Lipinski definition) is 3. The first-order valence-electron chi connectivity index (χ1n) is 7.04. The van der Waals surface area contributed by atoms with Crippen LogP contribution in [0.1, 0.15) is 34.8 Å². The Labute approximate surface area is 127 Å². The Morgan fingerprint density at radius 3 is 2.77 bits per heavy atom. The summed E-state index contributed by atoms with van der Waals surface area (Å²) in [5.74, 6) is 0.230. The second kappa shape index (κ2) is 5.51. The molecule has 0 spiro atoms. The van der Waals surface area contributed by atoms with Gasteiger partial charge in [-0.05, 0) is 31.0 Å². The molecule has 1 aliphatic carbocycles. The Morgan fingerprint density at radius 1 is 1.32 bits per heavy atom. The number of nitrogens with two attached hydrogens (primary N) is 1. The number of aryl methyl sites for hydroxylation is 1. The van der Waals surface area contributed by atoms with E-state index < -0.39 is 6.03 Å². The zero-order chi connectivity index (χ0) is 15.7. The van der Waals surface area contributed by atoms with Crippen molar-refractivity contribution in [3.05, 3.63) is 41.7 Å². The number of amides is 3. The van der Waals surface area contributed by atoms with E-state index in [4.69, 9.17) is 5.73 Å². The summed E-state index contributed by atoms with van der Waals surface area (Å²) in [6.07, 6.45) is 3.91. The van der Waals surface area contributed by atoms with Crippen molar-refractivity contribution in [2.24, 2.45) is 12.8 Å². The molecule has 0 unspecified atom stereocenters. The number of nitrogens with zero attached hydrogens (tertiary/aromatic N) is 2. The maximum atomic E-state index is 12.4. The van der Waals surface area contributed by atoms with E-state index in [-0.39, 0.29) is 5.91 Å². The summed E-state index contributed by atoms with van der Waals surface area (Å²) in [7, 11) is 1.88. The lowest BCUT2D eigenvalue weighted by atomic mass is 10.1. The molecule has 1 aliphatic rings. The summed E-state index contributed by atoms with van der Waals surface area (Å²) < 4.78 is 1.80. The van der Waals surface area contributed by atoms with E-state index in [1.165, 1.54) is 0 Å². The van der Waals surface area contributed by atoms with Crippen LogP contribution < -0.4 is 16.4 Å². The smallest absolute Gasteiger partial charge is 0.316 e. The highest BCUT2D eigenvalue weighted by Crippen LogP contribution is 2.43. The van der Waals surface area contributed by atoms with Crippen molar-refractivity contribution in [1.82, 2.24) is 9.78 Å². The van der Waals surface area contributed by atoms with Gasteiger partial charge in [-0.1, -0.05) is 6.07 Å². The van der Waals surface area contributed by atoms with E-state index >= 15 is 0 Å². The lowest BCUT2D eigenvalue weighted by molar-refractivity contribution is 0.102. The van der Waals surface area contributed by atoms with Crippen LogP contribution in [0.25, 0.3) is 0 Å². The largest absolute Gasteiger partial charge is 0.351 e.